The topological polar surface area (TPSA) is 124 Å². The van der Waals surface area contributed by atoms with E-state index < -0.39 is 11.5 Å². The molecule has 0 aliphatic carbocycles. The third-order valence-electron chi connectivity index (χ3n) is 7.02. The number of amides is 2. The smallest absolute Gasteiger partial charge is 0.410 e. The molecule has 1 aliphatic rings. The lowest BCUT2D eigenvalue weighted by molar-refractivity contribution is 0.0210. The highest BCUT2D eigenvalue weighted by atomic mass is 16.6. The third-order valence-corrected chi connectivity index (χ3v) is 7.02. The van der Waals surface area contributed by atoms with Crippen molar-refractivity contribution in [3.8, 4) is 5.75 Å². The summed E-state index contributed by atoms with van der Waals surface area (Å²) in [6.45, 7) is 8.82. The number of benzene rings is 2. The number of anilines is 1. The van der Waals surface area contributed by atoms with Gasteiger partial charge in [0.25, 0.3) is 5.91 Å². The molecule has 0 radical (unpaired) electrons. The van der Waals surface area contributed by atoms with Crippen LogP contribution < -0.4 is 15.8 Å². The molecule has 2 amide bonds. The summed E-state index contributed by atoms with van der Waals surface area (Å²) in [5.74, 6) is -0.0217. The lowest BCUT2D eigenvalue weighted by Gasteiger charge is -2.34. The molecule has 2 aromatic carbocycles. The molecule has 0 unspecified atom stereocenters. The molecule has 3 aromatic rings. The van der Waals surface area contributed by atoms with E-state index in [-0.39, 0.29) is 17.9 Å². The lowest BCUT2D eigenvalue weighted by Crippen LogP contribution is -2.44. The Bertz CT molecular complexity index is 1410. The van der Waals surface area contributed by atoms with Crippen LogP contribution in [-0.4, -0.2) is 52.4 Å². The number of primary amides is 1. The summed E-state index contributed by atoms with van der Waals surface area (Å²) in [7, 11) is 0. The van der Waals surface area contributed by atoms with E-state index in [0.29, 0.717) is 67.9 Å². The van der Waals surface area contributed by atoms with Crippen LogP contribution in [0.5, 0.6) is 5.75 Å². The number of piperidine rings is 1. The zero-order valence-corrected chi connectivity index (χ0v) is 24.8. The minimum absolute atomic E-state index is 0.0118. The van der Waals surface area contributed by atoms with E-state index >= 15 is 0 Å². The van der Waals surface area contributed by atoms with Crippen LogP contribution >= 0.6 is 0 Å². The molecule has 9 heteroatoms. The minimum atomic E-state index is -0.568. The Hall–Kier alpha value is -4.40. The molecule has 0 atom stereocenters. The van der Waals surface area contributed by atoms with E-state index in [0.717, 1.165) is 16.8 Å². The van der Waals surface area contributed by atoms with Crippen LogP contribution in [0.4, 0.5) is 10.5 Å². The molecule has 1 aromatic heterocycles. The first-order valence-corrected chi connectivity index (χ1v) is 14.4. The Kier molecular flexibility index (Phi) is 9.83. The van der Waals surface area contributed by atoms with Crippen LogP contribution in [0.2, 0.25) is 0 Å². The zero-order valence-electron chi connectivity index (χ0n) is 24.8. The number of carbonyl (C=O) groups is 3. The Labute approximate surface area is 247 Å². The van der Waals surface area contributed by atoms with Gasteiger partial charge in [0.1, 0.15) is 18.0 Å². The molecule has 9 nitrogen and oxygen atoms in total. The minimum Gasteiger partial charge on any atom is -0.488 e. The molecular weight excluding hydrogens is 532 g/mol. The number of Topliss-reactive ketones (excluding diaryl/α,β-unsaturated/α-hetero) is 1. The number of carbonyl (C=O) groups excluding carboxylic acids is 3. The quantitative estimate of drug-likeness (QED) is 0.296. The summed E-state index contributed by atoms with van der Waals surface area (Å²) < 4.78 is 11.6. The highest BCUT2D eigenvalue weighted by Crippen LogP contribution is 2.27. The molecule has 0 saturated carbocycles. The van der Waals surface area contributed by atoms with Crippen LogP contribution in [0.1, 0.15) is 84.5 Å². The van der Waals surface area contributed by atoms with Gasteiger partial charge >= 0.3 is 6.09 Å². The Morgan fingerprint density at radius 1 is 1.00 bits per heavy atom. The molecule has 3 N–H and O–H groups in total. The number of ketones is 1. The number of ether oxygens (including phenoxy) is 2. The van der Waals surface area contributed by atoms with Gasteiger partial charge in [0.2, 0.25) is 0 Å². The number of nitrogens with zero attached hydrogens (tertiary/aromatic N) is 2. The molecule has 0 spiro atoms. The van der Waals surface area contributed by atoms with Crippen molar-refractivity contribution >= 4 is 23.5 Å². The van der Waals surface area contributed by atoms with Crippen molar-refractivity contribution in [3.63, 3.8) is 0 Å². The van der Waals surface area contributed by atoms with E-state index in [1.54, 1.807) is 11.0 Å². The number of rotatable bonds is 10. The zero-order chi connectivity index (χ0) is 30.3. The molecule has 1 aliphatic heterocycles. The highest BCUT2D eigenvalue weighted by Gasteiger charge is 2.27. The highest BCUT2D eigenvalue weighted by molar-refractivity contribution is 5.99. The van der Waals surface area contributed by atoms with Gasteiger partial charge in [0, 0.05) is 43.9 Å². The standard InChI is InChI=1S/C33H40N4O5/c1-5-29(38)26-12-11-23(18-30(26)41-21-22-9-7-6-8-10-22)17-25-19-28(27(20-35-25)31(34)39)36-24-13-15-37(16-14-24)32(40)42-33(2,3)4/h6-12,18-20,24H,5,13-17,21H2,1-4H3,(H2,34,39)(H,35,36). The third kappa shape index (κ3) is 8.31. The van der Waals surface area contributed by atoms with Crippen molar-refractivity contribution in [1.29, 1.82) is 0 Å². The molecule has 1 saturated heterocycles. The Morgan fingerprint density at radius 2 is 1.71 bits per heavy atom. The molecular formula is C33H40N4O5. The number of nitrogens with one attached hydrogen (secondary N) is 1. The number of hydrogen-bond donors (Lipinski definition) is 2. The summed E-state index contributed by atoms with van der Waals surface area (Å²) in [6, 6.07) is 17.3. The average molecular weight is 573 g/mol. The lowest BCUT2D eigenvalue weighted by atomic mass is 10.0. The van der Waals surface area contributed by atoms with Crippen LogP contribution in [0, 0.1) is 0 Å². The van der Waals surface area contributed by atoms with Gasteiger partial charge in [-0.25, -0.2) is 4.79 Å². The predicted octanol–water partition coefficient (Wildman–Crippen LogP) is 5.75. The first-order chi connectivity index (χ1) is 20.0. The maximum Gasteiger partial charge on any atom is 0.410 e. The molecule has 0 bridgehead atoms. The summed E-state index contributed by atoms with van der Waals surface area (Å²) in [5, 5.41) is 3.46. The summed E-state index contributed by atoms with van der Waals surface area (Å²) in [5.41, 5.74) is 9.25. The van der Waals surface area contributed by atoms with Gasteiger partial charge in [-0.2, -0.15) is 0 Å². The van der Waals surface area contributed by atoms with Gasteiger partial charge < -0.3 is 25.4 Å². The van der Waals surface area contributed by atoms with Crippen LogP contribution in [-0.2, 0) is 17.8 Å². The van der Waals surface area contributed by atoms with E-state index in [2.05, 4.69) is 10.3 Å². The van der Waals surface area contributed by atoms with Gasteiger partial charge in [-0.15, -0.1) is 0 Å². The SMILES string of the molecule is CCC(=O)c1ccc(Cc2cc(NC3CCN(C(=O)OC(C)(C)C)CC3)c(C(N)=O)cn2)cc1OCc1ccccc1. The van der Waals surface area contributed by atoms with Crippen molar-refractivity contribution in [2.24, 2.45) is 5.73 Å². The van der Waals surface area contributed by atoms with Gasteiger partial charge in [0.05, 0.1) is 16.8 Å². The Balaban J connectivity index is 1.48. The van der Waals surface area contributed by atoms with E-state index in [1.165, 1.54) is 6.20 Å². The van der Waals surface area contributed by atoms with Gasteiger partial charge in [-0.3, -0.25) is 14.6 Å². The fourth-order valence-corrected chi connectivity index (χ4v) is 4.83. The summed E-state index contributed by atoms with van der Waals surface area (Å²) >= 11 is 0. The molecule has 42 heavy (non-hydrogen) atoms. The van der Waals surface area contributed by atoms with Gasteiger partial charge in [-0.05, 0) is 62.9 Å². The normalized spacial score (nSPS) is 13.9. The maximum absolute atomic E-state index is 12.6. The van der Waals surface area contributed by atoms with Crippen molar-refractivity contribution < 1.29 is 23.9 Å². The first-order valence-electron chi connectivity index (χ1n) is 14.4. The van der Waals surface area contributed by atoms with Crippen LogP contribution in [0.25, 0.3) is 0 Å². The van der Waals surface area contributed by atoms with E-state index in [9.17, 15) is 14.4 Å². The fourth-order valence-electron chi connectivity index (χ4n) is 4.83. The second kappa shape index (κ2) is 13.5. The van der Waals surface area contributed by atoms with Crippen LogP contribution in [0.15, 0.2) is 60.8 Å². The monoisotopic (exact) mass is 572 g/mol. The average Bonchev–Trinajstić information content (AvgIpc) is 2.96. The van der Waals surface area contributed by atoms with Crippen molar-refractivity contribution in [2.45, 2.75) is 71.6 Å². The number of nitrogens with two attached hydrogens (primary N) is 1. The van der Waals surface area contributed by atoms with Crippen molar-refractivity contribution in [2.75, 3.05) is 18.4 Å². The maximum atomic E-state index is 12.6. The molecule has 1 fully saturated rings. The van der Waals surface area contributed by atoms with Gasteiger partial charge in [-0.1, -0.05) is 43.3 Å². The summed E-state index contributed by atoms with van der Waals surface area (Å²) in [6.07, 6.45) is 3.42. The first kappa shape index (κ1) is 30.6. The van der Waals surface area contributed by atoms with Gasteiger partial charge in [0.15, 0.2) is 5.78 Å². The predicted molar refractivity (Wildman–Crippen MR) is 162 cm³/mol. The number of pyridine rings is 1. The second-order valence-corrected chi connectivity index (χ2v) is 11.5. The largest absolute Gasteiger partial charge is 0.488 e. The number of hydrogen-bond acceptors (Lipinski definition) is 7. The van der Waals surface area contributed by atoms with Crippen molar-refractivity contribution in [3.05, 3.63) is 88.7 Å². The fraction of sp³-hybridized carbons (Fsp3) is 0.394. The molecule has 2 heterocycles. The van der Waals surface area contributed by atoms with E-state index in [4.69, 9.17) is 15.2 Å². The summed E-state index contributed by atoms with van der Waals surface area (Å²) in [4.78, 5) is 43.4. The molecule has 4 rings (SSSR count). The van der Waals surface area contributed by atoms with Crippen LogP contribution in [0.3, 0.4) is 0 Å². The molecule has 222 valence electrons. The number of aromatic nitrogens is 1. The second-order valence-electron chi connectivity index (χ2n) is 11.5. The van der Waals surface area contributed by atoms with E-state index in [1.807, 2.05) is 76.2 Å². The number of likely N-dealkylation sites (tertiary alicyclic amines) is 1. The Morgan fingerprint density at radius 3 is 2.36 bits per heavy atom. The van der Waals surface area contributed by atoms with Crippen molar-refractivity contribution in [1.82, 2.24) is 9.88 Å².